The average molecular weight is 192 g/mol. The molecule has 0 aliphatic rings. The van der Waals surface area contributed by atoms with Crippen LogP contribution in [0, 0.1) is 0 Å². The smallest absolute Gasteiger partial charge is 0.0303 e. The van der Waals surface area contributed by atoms with Crippen molar-refractivity contribution >= 4 is 0 Å². The van der Waals surface area contributed by atoms with Crippen molar-refractivity contribution in [1.82, 2.24) is 4.98 Å². The van der Waals surface area contributed by atoms with Gasteiger partial charge in [0.25, 0.3) is 0 Å². The lowest BCUT2D eigenvalue weighted by Gasteiger charge is -2.14. The van der Waals surface area contributed by atoms with Crippen molar-refractivity contribution in [2.75, 3.05) is 0 Å². The van der Waals surface area contributed by atoms with Crippen molar-refractivity contribution in [2.45, 2.75) is 45.6 Å². The zero-order valence-electron chi connectivity index (χ0n) is 9.16. The second-order valence-electron chi connectivity index (χ2n) is 3.68. The topological polar surface area (TPSA) is 38.9 Å². The predicted octanol–water partition coefficient (Wildman–Crippen LogP) is 2.83. The van der Waals surface area contributed by atoms with E-state index in [1.807, 2.05) is 12.4 Å². The molecule has 0 aliphatic heterocycles. The maximum atomic E-state index is 6.13. The molecule has 0 radical (unpaired) electrons. The first-order valence-electron chi connectivity index (χ1n) is 5.48. The Kier molecular flexibility index (Phi) is 4.60. The second-order valence-corrected chi connectivity index (χ2v) is 3.68. The monoisotopic (exact) mass is 192 g/mol. The van der Waals surface area contributed by atoms with Crippen LogP contribution in [-0.2, 0) is 6.42 Å². The van der Waals surface area contributed by atoms with Crippen LogP contribution in [0.5, 0.6) is 0 Å². The molecule has 1 heterocycles. The van der Waals surface area contributed by atoms with Crippen molar-refractivity contribution in [2.24, 2.45) is 5.73 Å². The number of pyridine rings is 1. The molecule has 2 nitrogen and oxygen atoms in total. The molecule has 0 bridgehead atoms. The van der Waals surface area contributed by atoms with Gasteiger partial charge in [-0.2, -0.15) is 0 Å². The fourth-order valence-electron chi connectivity index (χ4n) is 1.67. The van der Waals surface area contributed by atoms with Crippen LogP contribution in [0.2, 0.25) is 0 Å². The molecule has 1 atom stereocenters. The van der Waals surface area contributed by atoms with Crippen LogP contribution < -0.4 is 5.73 Å². The van der Waals surface area contributed by atoms with E-state index in [9.17, 15) is 0 Å². The summed E-state index contributed by atoms with van der Waals surface area (Å²) in [5.74, 6) is 0. The van der Waals surface area contributed by atoms with Gasteiger partial charge in [-0.05, 0) is 30.0 Å². The normalized spacial score (nSPS) is 12.8. The first kappa shape index (κ1) is 11.2. The third-order valence-corrected chi connectivity index (χ3v) is 2.59. The van der Waals surface area contributed by atoms with E-state index in [0.717, 1.165) is 12.8 Å². The fraction of sp³-hybridized carbons (Fsp3) is 0.583. The molecule has 2 heteroatoms. The minimum Gasteiger partial charge on any atom is -0.324 e. The molecule has 14 heavy (non-hydrogen) atoms. The maximum Gasteiger partial charge on any atom is 0.0303 e. The number of hydrogen-bond donors (Lipinski definition) is 1. The van der Waals surface area contributed by atoms with Crippen LogP contribution in [-0.4, -0.2) is 4.98 Å². The second kappa shape index (κ2) is 5.76. The van der Waals surface area contributed by atoms with Crippen LogP contribution in [0.4, 0.5) is 0 Å². The lowest BCUT2D eigenvalue weighted by molar-refractivity contribution is 0.598. The Hall–Kier alpha value is -0.890. The molecule has 1 aromatic heterocycles. The van der Waals surface area contributed by atoms with Gasteiger partial charge in [0, 0.05) is 18.4 Å². The summed E-state index contributed by atoms with van der Waals surface area (Å²) in [6, 6.07) is 2.24. The molecule has 0 amide bonds. The molecule has 1 aromatic rings. The van der Waals surface area contributed by atoms with Crippen molar-refractivity contribution in [3.63, 3.8) is 0 Å². The van der Waals surface area contributed by atoms with Crippen LogP contribution in [0.3, 0.4) is 0 Å². The summed E-state index contributed by atoms with van der Waals surface area (Å²) in [5, 5.41) is 0. The number of aryl methyl sites for hydroxylation is 1. The molecule has 0 spiro atoms. The summed E-state index contributed by atoms with van der Waals surface area (Å²) in [7, 11) is 0. The minimum absolute atomic E-state index is 0.188. The quantitative estimate of drug-likeness (QED) is 0.779. The Morgan fingerprint density at radius 3 is 2.86 bits per heavy atom. The van der Waals surface area contributed by atoms with E-state index in [1.165, 1.54) is 24.0 Å². The van der Waals surface area contributed by atoms with Gasteiger partial charge >= 0.3 is 0 Å². The first-order chi connectivity index (χ1) is 6.79. The lowest BCUT2D eigenvalue weighted by Crippen LogP contribution is -2.12. The Balaban J connectivity index is 2.72. The number of aromatic nitrogens is 1. The minimum atomic E-state index is 0.188. The van der Waals surface area contributed by atoms with Gasteiger partial charge in [0.15, 0.2) is 0 Å². The maximum absolute atomic E-state index is 6.13. The average Bonchev–Trinajstić information content (AvgIpc) is 2.25. The molecule has 0 saturated carbocycles. The van der Waals surface area contributed by atoms with E-state index in [0.29, 0.717) is 0 Å². The van der Waals surface area contributed by atoms with Gasteiger partial charge in [0.05, 0.1) is 0 Å². The van der Waals surface area contributed by atoms with Gasteiger partial charge in [-0.3, -0.25) is 4.98 Å². The molecular weight excluding hydrogens is 172 g/mol. The van der Waals surface area contributed by atoms with Gasteiger partial charge < -0.3 is 5.73 Å². The largest absolute Gasteiger partial charge is 0.324 e. The van der Waals surface area contributed by atoms with E-state index in [2.05, 4.69) is 24.9 Å². The summed E-state index contributed by atoms with van der Waals surface area (Å²) >= 11 is 0. The zero-order valence-corrected chi connectivity index (χ0v) is 9.16. The van der Waals surface area contributed by atoms with Crippen molar-refractivity contribution in [3.8, 4) is 0 Å². The zero-order chi connectivity index (χ0) is 10.4. The van der Waals surface area contributed by atoms with Crippen LogP contribution in [0.1, 0.15) is 50.3 Å². The summed E-state index contributed by atoms with van der Waals surface area (Å²) in [5.41, 5.74) is 8.69. The summed E-state index contributed by atoms with van der Waals surface area (Å²) in [6.07, 6.45) is 8.27. The van der Waals surface area contributed by atoms with Crippen LogP contribution >= 0.6 is 0 Å². The third kappa shape index (κ3) is 2.81. The molecular formula is C12H20N2. The van der Waals surface area contributed by atoms with E-state index in [4.69, 9.17) is 5.73 Å². The van der Waals surface area contributed by atoms with Gasteiger partial charge in [0.2, 0.25) is 0 Å². The Labute approximate surface area is 86.5 Å². The first-order valence-corrected chi connectivity index (χ1v) is 5.48. The van der Waals surface area contributed by atoms with Gasteiger partial charge in [-0.15, -0.1) is 0 Å². The summed E-state index contributed by atoms with van der Waals surface area (Å²) in [6.45, 7) is 4.34. The molecule has 1 rings (SSSR count). The van der Waals surface area contributed by atoms with E-state index in [-0.39, 0.29) is 6.04 Å². The number of nitrogens with zero attached hydrogens (tertiary/aromatic N) is 1. The summed E-state index contributed by atoms with van der Waals surface area (Å²) < 4.78 is 0. The van der Waals surface area contributed by atoms with Gasteiger partial charge in [-0.25, -0.2) is 0 Å². The standard InChI is InChI=1S/C12H20N2/c1-3-5-6-12(13)11-7-8-14-9-10(11)4-2/h7-9,12H,3-6,13H2,1-2H3. The van der Waals surface area contributed by atoms with E-state index < -0.39 is 0 Å². The number of rotatable bonds is 5. The number of unbranched alkanes of at least 4 members (excludes halogenated alkanes) is 1. The van der Waals surface area contributed by atoms with Crippen LogP contribution in [0.15, 0.2) is 18.5 Å². The fourth-order valence-corrected chi connectivity index (χ4v) is 1.67. The van der Waals surface area contributed by atoms with Gasteiger partial charge in [0.1, 0.15) is 0 Å². The SMILES string of the molecule is CCCCC(N)c1ccncc1CC. The highest BCUT2D eigenvalue weighted by atomic mass is 14.7. The Morgan fingerprint density at radius 1 is 1.43 bits per heavy atom. The Morgan fingerprint density at radius 2 is 2.21 bits per heavy atom. The highest BCUT2D eigenvalue weighted by Crippen LogP contribution is 2.20. The van der Waals surface area contributed by atoms with E-state index >= 15 is 0 Å². The van der Waals surface area contributed by atoms with E-state index in [1.54, 1.807) is 0 Å². The third-order valence-electron chi connectivity index (χ3n) is 2.59. The predicted molar refractivity (Wildman–Crippen MR) is 60.1 cm³/mol. The van der Waals surface area contributed by atoms with Crippen molar-refractivity contribution in [3.05, 3.63) is 29.6 Å². The Bertz CT molecular complexity index is 271. The molecule has 78 valence electrons. The number of hydrogen-bond acceptors (Lipinski definition) is 2. The highest BCUT2D eigenvalue weighted by molar-refractivity contribution is 5.26. The molecule has 0 fully saturated rings. The van der Waals surface area contributed by atoms with Gasteiger partial charge in [-0.1, -0.05) is 26.7 Å². The highest BCUT2D eigenvalue weighted by Gasteiger charge is 2.08. The molecule has 0 saturated heterocycles. The lowest BCUT2D eigenvalue weighted by atomic mass is 9.97. The van der Waals surface area contributed by atoms with Crippen molar-refractivity contribution < 1.29 is 0 Å². The molecule has 0 aliphatic carbocycles. The summed E-state index contributed by atoms with van der Waals surface area (Å²) in [4.78, 5) is 4.12. The molecule has 1 unspecified atom stereocenters. The van der Waals surface area contributed by atoms with Crippen LogP contribution in [0.25, 0.3) is 0 Å². The van der Waals surface area contributed by atoms with Crippen molar-refractivity contribution in [1.29, 1.82) is 0 Å². The number of nitrogens with two attached hydrogens (primary N) is 1. The molecule has 2 N–H and O–H groups in total. The molecule has 0 aromatic carbocycles.